The Balaban J connectivity index is 3.05. The molecule has 0 fully saturated rings. The maximum absolute atomic E-state index is 9.31. The summed E-state index contributed by atoms with van der Waals surface area (Å²) in [5, 5.41) is 12.4. The van der Waals surface area contributed by atoms with Crippen molar-refractivity contribution in [3.05, 3.63) is 29.3 Å². The highest BCUT2D eigenvalue weighted by Crippen LogP contribution is 2.20. The van der Waals surface area contributed by atoms with Crippen molar-refractivity contribution in [2.24, 2.45) is 0 Å². The Hall–Kier alpha value is -1.02. The number of benzene rings is 1. The molecule has 1 aromatic carbocycles. The summed E-state index contributed by atoms with van der Waals surface area (Å²) >= 11 is 0. The average molecular weight is 165 g/mol. The van der Waals surface area contributed by atoms with Crippen molar-refractivity contribution in [3.63, 3.8) is 0 Å². The van der Waals surface area contributed by atoms with Crippen LogP contribution in [-0.4, -0.2) is 12.2 Å². The molecule has 0 saturated carbocycles. The molecule has 0 bridgehead atoms. The van der Waals surface area contributed by atoms with E-state index >= 15 is 0 Å². The van der Waals surface area contributed by atoms with Crippen molar-refractivity contribution in [2.45, 2.75) is 20.0 Å². The minimum atomic E-state index is -0.391. The molecule has 12 heavy (non-hydrogen) atoms. The van der Waals surface area contributed by atoms with Crippen LogP contribution < -0.4 is 5.32 Å². The van der Waals surface area contributed by atoms with E-state index < -0.39 is 6.10 Å². The van der Waals surface area contributed by atoms with E-state index in [1.165, 1.54) is 5.56 Å². The average Bonchev–Trinajstić information content (AvgIpc) is 2.05. The highest BCUT2D eigenvalue weighted by Gasteiger charge is 2.02. The fourth-order valence-electron chi connectivity index (χ4n) is 1.17. The first kappa shape index (κ1) is 9.07. The Morgan fingerprint density at radius 3 is 2.58 bits per heavy atom. The molecule has 0 radical (unpaired) electrons. The highest BCUT2D eigenvalue weighted by molar-refractivity contribution is 5.52. The van der Waals surface area contributed by atoms with Crippen LogP contribution in [0.2, 0.25) is 0 Å². The molecular weight excluding hydrogens is 150 g/mol. The van der Waals surface area contributed by atoms with Crippen LogP contribution in [0.5, 0.6) is 0 Å². The van der Waals surface area contributed by atoms with Crippen LogP contribution in [0.25, 0.3) is 0 Å². The van der Waals surface area contributed by atoms with E-state index in [-0.39, 0.29) is 0 Å². The summed E-state index contributed by atoms with van der Waals surface area (Å²) in [6.45, 7) is 3.81. The first-order valence-corrected chi connectivity index (χ1v) is 4.11. The lowest BCUT2D eigenvalue weighted by atomic mass is 10.1. The second-order valence-corrected chi connectivity index (χ2v) is 3.00. The lowest BCUT2D eigenvalue weighted by Crippen LogP contribution is -1.96. The lowest BCUT2D eigenvalue weighted by molar-refractivity contribution is 0.199. The molecule has 1 atom stereocenters. The molecule has 0 aromatic heterocycles. The van der Waals surface area contributed by atoms with E-state index in [4.69, 9.17) is 0 Å². The number of aliphatic hydroxyl groups excluding tert-OH is 1. The van der Waals surface area contributed by atoms with Crippen molar-refractivity contribution >= 4 is 5.69 Å². The number of rotatable bonds is 2. The second kappa shape index (κ2) is 3.59. The SMILES string of the molecule is CNc1cc(C(C)O)ccc1C. The third kappa shape index (κ3) is 1.77. The molecule has 0 aliphatic heterocycles. The zero-order valence-corrected chi connectivity index (χ0v) is 7.76. The Kier molecular flexibility index (Phi) is 2.71. The van der Waals surface area contributed by atoms with Gasteiger partial charge in [0.1, 0.15) is 0 Å². The first-order valence-electron chi connectivity index (χ1n) is 4.11. The van der Waals surface area contributed by atoms with Crippen molar-refractivity contribution in [3.8, 4) is 0 Å². The van der Waals surface area contributed by atoms with E-state index in [2.05, 4.69) is 5.32 Å². The monoisotopic (exact) mass is 165 g/mol. The van der Waals surface area contributed by atoms with Crippen LogP contribution in [0, 0.1) is 6.92 Å². The van der Waals surface area contributed by atoms with Crippen LogP contribution in [-0.2, 0) is 0 Å². The van der Waals surface area contributed by atoms with Crippen molar-refractivity contribution < 1.29 is 5.11 Å². The van der Waals surface area contributed by atoms with Crippen molar-refractivity contribution in [1.29, 1.82) is 0 Å². The Morgan fingerprint density at radius 1 is 1.42 bits per heavy atom. The van der Waals surface area contributed by atoms with E-state index in [0.717, 1.165) is 11.3 Å². The number of aryl methyl sites for hydroxylation is 1. The topological polar surface area (TPSA) is 32.3 Å². The van der Waals surface area contributed by atoms with Gasteiger partial charge >= 0.3 is 0 Å². The highest BCUT2D eigenvalue weighted by atomic mass is 16.3. The normalized spacial score (nSPS) is 12.7. The summed E-state index contributed by atoms with van der Waals surface area (Å²) in [7, 11) is 1.88. The molecule has 0 saturated heterocycles. The molecule has 0 aliphatic carbocycles. The van der Waals surface area contributed by atoms with Gasteiger partial charge in [0.15, 0.2) is 0 Å². The smallest absolute Gasteiger partial charge is 0.0762 e. The van der Waals surface area contributed by atoms with Gasteiger partial charge in [-0.25, -0.2) is 0 Å². The summed E-state index contributed by atoms with van der Waals surface area (Å²) in [4.78, 5) is 0. The van der Waals surface area contributed by atoms with E-state index in [1.807, 2.05) is 32.2 Å². The van der Waals surface area contributed by atoms with E-state index in [9.17, 15) is 5.11 Å². The molecule has 0 spiro atoms. The molecule has 1 aromatic rings. The van der Waals surface area contributed by atoms with Gasteiger partial charge in [-0.1, -0.05) is 12.1 Å². The van der Waals surface area contributed by atoms with Gasteiger partial charge in [0.05, 0.1) is 6.10 Å². The van der Waals surface area contributed by atoms with Crippen LogP contribution >= 0.6 is 0 Å². The number of anilines is 1. The van der Waals surface area contributed by atoms with Crippen LogP contribution in [0.3, 0.4) is 0 Å². The summed E-state index contributed by atoms with van der Waals surface area (Å²) in [5.74, 6) is 0. The molecule has 0 aliphatic rings. The standard InChI is InChI=1S/C10H15NO/c1-7-4-5-9(8(2)12)6-10(7)11-3/h4-6,8,11-12H,1-3H3. The predicted molar refractivity (Wildman–Crippen MR) is 51.4 cm³/mol. The zero-order chi connectivity index (χ0) is 9.14. The third-order valence-electron chi connectivity index (χ3n) is 2.01. The fourth-order valence-corrected chi connectivity index (χ4v) is 1.17. The molecule has 1 unspecified atom stereocenters. The van der Waals surface area contributed by atoms with Gasteiger partial charge in [-0.2, -0.15) is 0 Å². The third-order valence-corrected chi connectivity index (χ3v) is 2.01. The number of hydrogen-bond acceptors (Lipinski definition) is 2. The summed E-state index contributed by atoms with van der Waals surface area (Å²) in [5.41, 5.74) is 3.22. The number of aliphatic hydroxyl groups is 1. The Morgan fingerprint density at radius 2 is 2.08 bits per heavy atom. The van der Waals surface area contributed by atoms with Gasteiger partial charge in [0.25, 0.3) is 0 Å². The molecule has 66 valence electrons. The fraction of sp³-hybridized carbons (Fsp3) is 0.400. The number of nitrogens with one attached hydrogen (secondary N) is 1. The molecule has 2 N–H and O–H groups in total. The van der Waals surface area contributed by atoms with Gasteiger partial charge < -0.3 is 10.4 Å². The summed E-state index contributed by atoms with van der Waals surface area (Å²) in [6.07, 6.45) is -0.391. The first-order chi connectivity index (χ1) is 5.65. The van der Waals surface area contributed by atoms with Gasteiger partial charge in [0, 0.05) is 12.7 Å². The summed E-state index contributed by atoms with van der Waals surface area (Å²) in [6, 6.07) is 5.93. The van der Waals surface area contributed by atoms with E-state index in [1.54, 1.807) is 6.92 Å². The van der Waals surface area contributed by atoms with Gasteiger partial charge in [0.2, 0.25) is 0 Å². The lowest BCUT2D eigenvalue weighted by Gasteiger charge is -2.09. The maximum Gasteiger partial charge on any atom is 0.0762 e. The van der Waals surface area contributed by atoms with E-state index in [0.29, 0.717) is 0 Å². The molecule has 2 heteroatoms. The van der Waals surface area contributed by atoms with Gasteiger partial charge in [-0.3, -0.25) is 0 Å². The zero-order valence-electron chi connectivity index (χ0n) is 7.76. The predicted octanol–water partition coefficient (Wildman–Crippen LogP) is 2.09. The van der Waals surface area contributed by atoms with Crippen molar-refractivity contribution in [1.82, 2.24) is 0 Å². The maximum atomic E-state index is 9.31. The van der Waals surface area contributed by atoms with Gasteiger partial charge in [-0.15, -0.1) is 0 Å². The Labute approximate surface area is 73.2 Å². The Bertz CT molecular complexity index is 269. The molecule has 1 rings (SSSR count). The second-order valence-electron chi connectivity index (χ2n) is 3.00. The molecule has 0 amide bonds. The van der Waals surface area contributed by atoms with Crippen LogP contribution in [0.15, 0.2) is 18.2 Å². The largest absolute Gasteiger partial charge is 0.389 e. The minimum absolute atomic E-state index is 0.391. The van der Waals surface area contributed by atoms with Crippen LogP contribution in [0.4, 0.5) is 5.69 Å². The minimum Gasteiger partial charge on any atom is -0.389 e. The number of hydrogen-bond donors (Lipinski definition) is 2. The van der Waals surface area contributed by atoms with Crippen molar-refractivity contribution in [2.75, 3.05) is 12.4 Å². The molecule has 2 nitrogen and oxygen atoms in total. The quantitative estimate of drug-likeness (QED) is 0.703. The summed E-state index contributed by atoms with van der Waals surface area (Å²) < 4.78 is 0. The molecule has 0 heterocycles. The van der Waals surface area contributed by atoms with Gasteiger partial charge in [-0.05, 0) is 31.0 Å². The van der Waals surface area contributed by atoms with Crippen LogP contribution in [0.1, 0.15) is 24.2 Å². The molecular formula is C10H15NO.